The van der Waals surface area contributed by atoms with Gasteiger partial charge in [0.2, 0.25) is 17.2 Å². The van der Waals surface area contributed by atoms with Gasteiger partial charge in [0.05, 0.1) is 5.69 Å². The first kappa shape index (κ1) is 23.5. The van der Waals surface area contributed by atoms with Crippen molar-refractivity contribution in [2.75, 3.05) is 5.32 Å². The minimum absolute atomic E-state index is 0.100. The van der Waals surface area contributed by atoms with E-state index in [0.717, 1.165) is 0 Å². The zero-order valence-corrected chi connectivity index (χ0v) is 20.1. The predicted molar refractivity (Wildman–Crippen MR) is 131 cm³/mol. The van der Waals surface area contributed by atoms with Gasteiger partial charge < -0.3 is 19.8 Å². The second-order valence-corrected chi connectivity index (χ2v) is 9.06. The summed E-state index contributed by atoms with van der Waals surface area (Å²) in [5.41, 5.74) is 1.64. The van der Waals surface area contributed by atoms with E-state index < -0.39 is 11.7 Å². The Balaban J connectivity index is 1.36. The van der Waals surface area contributed by atoms with Crippen molar-refractivity contribution < 1.29 is 24.2 Å². The molecular formula is C24H17ClN8O5. The van der Waals surface area contributed by atoms with Crippen LogP contribution in [0.1, 0.15) is 23.6 Å². The fourth-order valence-corrected chi connectivity index (χ4v) is 4.76. The first-order chi connectivity index (χ1) is 18.3. The number of carbonyl (C=O) groups is 1. The van der Waals surface area contributed by atoms with Crippen molar-refractivity contribution in [2.24, 2.45) is 0 Å². The molecule has 38 heavy (non-hydrogen) atoms. The minimum atomic E-state index is -1.79. The number of pyridine rings is 1. The van der Waals surface area contributed by atoms with E-state index in [1.54, 1.807) is 42.5 Å². The molecule has 0 bridgehead atoms. The highest BCUT2D eigenvalue weighted by Gasteiger charge is 2.50. The van der Waals surface area contributed by atoms with Crippen LogP contribution in [0.5, 0.6) is 0 Å². The number of aryl methyl sites for hydroxylation is 1. The Morgan fingerprint density at radius 3 is 2.71 bits per heavy atom. The molecular weight excluding hydrogens is 516 g/mol. The maximum absolute atomic E-state index is 13.3. The van der Waals surface area contributed by atoms with Gasteiger partial charge in [-0.15, -0.1) is 15.3 Å². The number of aromatic nitrogens is 7. The van der Waals surface area contributed by atoms with Crippen molar-refractivity contribution in [1.82, 2.24) is 30.4 Å². The zero-order valence-electron chi connectivity index (χ0n) is 19.3. The fraction of sp³-hybridized carbons (Fsp3) is 0.125. The first-order valence-electron chi connectivity index (χ1n) is 11.3. The fourth-order valence-electron chi connectivity index (χ4n) is 4.59. The van der Waals surface area contributed by atoms with Crippen LogP contribution in [0.25, 0.3) is 28.3 Å². The number of carboxylic acid groups (broad SMARTS) is 1. The van der Waals surface area contributed by atoms with E-state index in [-0.39, 0.29) is 23.9 Å². The Morgan fingerprint density at radius 1 is 1.16 bits per heavy atom. The SMILES string of the molecule is O=C(O)Nc1ccc(-c2nnc(C3(O)CCc4cc(-c5cc(Cl)ccc5-n5cnnn5)c[n+]([O-])c43)o2)cc1. The van der Waals surface area contributed by atoms with Gasteiger partial charge in [-0.2, -0.15) is 9.41 Å². The van der Waals surface area contributed by atoms with Crippen molar-refractivity contribution in [3.05, 3.63) is 88.4 Å². The van der Waals surface area contributed by atoms with E-state index in [9.17, 15) is 15.1 Å². The molecule has 3 N–H and O–H groups in total. The summed E-state index contributed by atoms with van der Waals surface area (Å²) in [7, 11) is 0. The first-order valence-corrected chi connectivity index (χ1v) is 11.7. The van der Waals surface area contributed by atoms with E-state index in [0.29, 0.717) is 49.8 Å². The molecule has 190 valence electrons. The van der Waals surface area contributed by atoms with Crippen molar-refractivity contribution in [2.45, 2.75) is 18.4 Å². The number of anilines is 1. The molecule has 0 saturated carbocycles. The molecule has 13 nitrogen and oxygen atoms in total. The van der Waals surface area contributed by atoms with E-state index in [1.807, 2.05) is 6.07 Å². The molecule has 0 spiro atoms. The second-order valence-electron chi connectivity index (χ2n) is 8.62. The molecule has 1 aliphatic carbocycles. The van der Waals surface area contributed by atoms with Crippen molar-refractivity contribution in [3.63, 3.8) is 0 Å². The summed E-state index contributed by atoms with van der Waals surface area (Å²) in [5.74, 6) is -0.00342. The molecule has 1 aliphatic rings. The average Bonchev–Trinajstić information content (AvgIpc) is 3.65. The summed E-state index contributed by atoms with van der Waals surface area (Å²) >= 11 is 6.25. The van der Waals surface area contributed by atoms with Crippen LogP contribution >= 0.6 is 11.6 Å². The van der Waals surface area contributed by atoms with Gasteiger partial charge in [0.1, 0.15) is 6.33 Å². The quantitative estimate of drug-likeness (QED) is 0.225. The van der Waals surface area contributed by atoms with Crippen molar-refractivity contribution in [3.8, 4) is 28.3 Å². The van der Waals surface area contributed by atoms with Crippen LogP contribution in [0.3, 0.4) is 0 Å². The molecule has 3 heterocycles. The minimum Gasteiger partial charge on any atom is -0.618 e. The van der Waals surface area contributed by atoms with Gasteiger partial charge in [0.15, 0.2) is 6.20 Å². The molecule has 1 atom stereocenters. The lowest BCUT2D eigenvalue weighted by Gasteiger charge is -2.18. The third-order valence-electron chi connectivity index (χ3n) is 6.29. The summed E-state index contributed by atoms with van der Waals surface area (Å²) in [5, 5.41) is 55.8. The number of hydrogen-bond donors (Lipinski definition) is 3. The molecule has 0 aliphatic heterocycles. The number of amides is 1. The summed E-state index contributed by atoms with van der Waals surface area (Å²) in [6, 6.07) is 13.2. The third kappa shape index (κ3) is 3.99. The summed E-state index contributed by atoms with van der Waals surface area (Å²) in [4.78, 5) is 10.8. The highest BCUT2D eigenvalue weighted by molar-refractivity contribution is 6.31. The number of halogens is 1. The second kappa shape index (κ2) is 8.90. The highest BCUT2D eigenvalue weighted by Crippen LogP contribution is 2.42. The number of benzene rings is 2. The Bertz CT molecular complexity index is 1670. The highest BCUT2D eigenvalue weighted by atomic mass is 35.5. The van der Waals surface area contributed by atoms with Crippen LogP contribution in [-0.2, 0) is 12.0 Å². The van der Waals surface area contributed by atoms with Gasteiger partial charge in [-0.3, -0.25) is 5.32 Å². The summed E-state index contributed by atoms with van der Waals surface area (Å²) < 4.78 is 7.86. The van der Waals surface area contributed by atoms with Crippen LogP contribution in [0, 0.1) is 5.21 Å². The topological polar surface area (TPSA) is 179 Å². The molecule has 14 heteroatoms. The van der Waals surface area contributed by atoms with Gasteiger partial charge in [0, 0.05) is 33.0 Å². The van der Waals surface area contributed by atoms with Gasteiger partial charge in [-0.05, 0) is 71.8 Å². The molecule has 2 aromatic carbocycles. The molecule has 0 radical (unpaired) electrons. The third-order valence-corrected chi connectivity index (χ3v) is 6.52. The van der Waals surface area contributed by atoms with E-state index in [4.69, 9.17) is 21.1 Å². The number of nitrogens with zero attached hydrogens (tertiary/aromatic N) is 7. The maximum atomic E-state index is 13.3. The zero-order chi connectivity index (χ0) is 26.4. The largest absolute Gasteiger partial charge is 0.618 e. The molecule has 1 unspecified atom stereocenters. The van der Waals surface area contributed by atoms with Crippen LogP contribution in [0.2, 0.25) is 5.02 Å². The number of tetrazole rings is 1. The lowest BCUT2D eigenvalue weighted by Crippen LogP contribution is -2.41. The van der Waals surface area contributed by atoms with E-state index in [1.165, 1.54) is 17.2 Å². The number of hydrogen-bond acceptors (Lipinski definition) is 9. The molecule has 0 fully saturated rings. The number of nitrogens with one attached hydrogen (secondary N) is 1. The van der Waals surface area contributed by atoms with E-state index in [2.05, 4.69) is 31.0 Å². The van der Waals surface area contributed by atoms with Crippen LogP contribution in [0.15, 0.2) is 65.5 Å². The number of aliphatic hydroxyl groups is 1. The lowest BCUT2D eigenvalue weighted by molar-refractivity contribution is -0.620. The summed E-state index contributed by atoms with van der Waals surface area (Å²) in [6.45, 7) is 0. The molecule has 5 aromatic rings. The maximum Gasteiger partial charge on any atom is 0.409 e. The predicted octanol–water partition coefficient (Wildman–Crippen LogP) is 2.94. The lowest BCUT2D eigenvalue weighted by atomic mass is 9.99. The smallest absolute Gasteiger partial charge is 0.409 e. The number of rotatable bonds is 5. The molecule has 1 amide bonds. The number of fused-ring (bicyclic) bond motifs is 1. The van der Waals surface area contributed by atoms with Crippen LogP contribution in [-0.4, -0.2) is 46.7 Å². The summed E-state index contributed by atoms with van der Waals surface area (Å²) in [6.07, 6.45) is 2.15. The van der Waals surface area contributed by atoms with Crippen molar-refractivity contribution in [1.29, 1.82) is 0 Å². The molecule has 3 aromatic heterocycles. The normalized spacial score (nSPS) is 16.4. The standard InChI is InChI=1S/C24H17ClN8O5/c25-16-3-6-19(32-12-26-30-31-32)18(10-16)15-9-14-7-8-24(36,20(14)33(37)11-15)22-29-28-21(38-22)13-1-4-17(5-2-13)27-23(34)35/h1-6,9-12,27,36H,7-8H2,(H,34,35). The Labute approximate surface area is 218 Å². The van der Waals surface area contributed by atoms with Crippen molar-refractivity contribution >= 4 is 23.4 Å². The Morgan fingerprint density at radius 2 is 1.97 bits per heavy atom. The Kier molecular flexibility index (Phi) is 5.51. The van der Waals surface area contributed by atoms with Gasteiger partial charge in [-0.25, -0.2) is 4.79 Å². The van der Waals surface area contributed by atoms with Crippen LogP contribution in [0.4, 0.5) is 10.5 Å². The van der Waals surface area contributed by atoms with Gasteiger partial charge in [-0.1, -0.05) is 11.6 Å². The van der Waals surface area contributed by atoms with E-state index >= 15 is 0 Å². The monoisotopic (exact) mass is 532 g/mol. The average molecular weight is 533 g/mol. The van der Waals surface area contributed by atoms with Gasteiger partial charge >= 0.3 is 6.09 Å². The van der Waals surface area contributed by atoms with Crippen LogP contribution < -0.4 is 10.0 Å². The van der Waals surface area contributed by atoms with Gasteiger partial charge in [0.25, 0.3) is 5.89 Å². The molecule has 0 saturated heterocycles. The Hall–Kier alpha value is -4.88. The molecule has 6 rings (SSSR count).